The Morgan fingerprint density at radius 1 is 1.07 bits per heavy atom. The first kappa shape index (κ1) is 21.3. The molecule has 0 aliphatic heterocycles. The van der Waals surface area contributed by atoms with Gasteiger partial charge in [-0.05, 0) is 62.9 Å². The summed E-state index contributed by atoms with van der Waals surface area (Å²) in [5, 5.41) is 5.99. The number of hydrogen-bond acceptors (Lipinski definition) is 2. The van der Waals surface area contributed by atoms with Crippen molar-refractivity contribution in [3.05, 3.63) is 68.2 Å². The van der Waals surface area contributed by atoms with Crippen molar-refractivity contribution in [1.82, 2.24) is 10.6 Å². The highest BCUT2D eigenvalue weighted by atomic mass is 35.5. The van der Waals surface area contributed by atoms with Gasteiger partial charge in [-0.1, -0.05) is 47.0 Å². The SMILES string of the molecule is Cc1cc(C)c(CCNC(=O)C(C)NC(=O)c2cccc(Cl)c2Cl)c(C)c1. The van der Waals surface area contributed by atoms with E-state index in [2.05, 4.69) is 43.5 Å². The molecule has 0 radical (unpaired) electrons. The number of hydrogen-bond donors (Lipinski definition) is 2. The first-order valence-corrected chi connectivity index (χ1v) is 9.55. The summed E-state index contributed by atoms with van der Waals surface area (Å²) in [4.78, 5) is 24.6. The van der Waals surface area contributed by atoms with Crippen molar-refractivity contribution < 1.29 is 9.59 Å². The van der Waals surface area contributed by atoms with Crippen LogP contribution in [0.15, 0.2) is 30.3 Å². The molecule has 2 amide bonds. The minimum Gasteiger partial charge on any atom is -0.354 e. The molecule has 0 saturated carbocycles. The molecular weight excluding hydrogens is 383 g/mol. The van der Waals surface area contributed by atoms with E-state index in [0.29, 0.717) is 11.6 Å². The fourth-order valence-corrected chi connectivity index (χ4v) is 3.47. The molecule has 2 rings (SSSR count). The third-order valence-electron chi connectivity index (χ3n) is 4.45. The Balaban J connectivity index is 1.91. The third-order valence-corrected chi connectivity index (χ3v) is 5.27. The predicted molar refractivity (Wildman–Crippen MR) is 111 cm³/mol. The molecule has 2 aromatic rings. The molecule has 144 valence electrons. The molecule has 0 saturated heterocycles. The van der Waals surface area contributed by atoms with Crippen molar-refractivity contribution in [3.63, 3.8) is 0 Å². The molecule has 1 unspecified atom stereocenters. The van der Waals surface area contributed by atoms with E-state index < -0.39 is 11.9 Å². The summed E-state index contributed by atoms with van der Waals surface area (Å²) < 4.78 is 0. The van der Waals surface area contributed by atoms with Crippen molar-refractivity contribution in [3.8, 4) is 0 Å². The Morgan fingerprint density at radius 3 is 2.33 bits per heavy atom. The van der Waals surface area contributed by atoms with E-state index >= 15 is 0 Å². The molecule has 2 aromatic carbocycles. The minimum atomic E-state index is -0.687. The quantitative estimate of drug-likeness (QED) is 0.746. The predicted octanol–water partition coefficient (Wildman–Crippen LogP) is 4.40. The lowest BCUT2D eigenvalue weighted by Gasteiger charge is -2.16. The molecule has 0 spiro atoms. The van der Waals surface area contributed by atoms with Gasteiger partial charge in [0.15, 0.2) is 0 Å². The molecule has 6 heteroatoms. The molecular formula is C21H24Cl2N2O2. The average Bonchev–Trinajstić information content (AvgIpc) is 2.59. The average molecular weight is 407 g/mol. The maximum absolute atomic E-state index is 12.3. The molecule has 27 heavy (non-hydrogen) atoms. The molecule has 0 fully saturated rings. The standard InChI is InChI=1S/C21H24Cl2N2O2/c1-12-10-13(2)16(14(3)11-12)8-9-24-20(26)15(4)25-21(27)17-6-5-7-18(22)19(17)23/h5-7,10-11,15H,8-9H2,1-4H3,(H,24,26)(H,25,27). The van der Waals surface area contributed by atoms with E-state index in [4.69, 9.17) is 23.2 Å². The van der Waals surface area contributed by atoms with Crippen LogP contribution in [0.2, 0.25) is 10.0 Å². The summed E-state index contributed by atoms with van der Waals surface area (Å²) in [6, 6.07) is 8.40. The van der Waals surface area contributed by atoms with Crippen molar-refractivity contribution in [2.75, 3.05) is 6.54 Å². The van der Waals surface area contributed by atoms with Gasteiger partial charge in [0.2, 0.25) is 5.91 Å². The molecule has 0 heterocycles. The van der Waals surface area contributed by atoms with Gasteiger partial charge in [0.25, 0.3) is 5.91 Å². The normalized spacial score (nSPS) is 11.8. The highest BCUT2D eigenvalue weighted by molar-refractivity contribution is 6.43. The van der Waals surface area contributed by atoms with E-state index in [1.165, 1.54) is 22.3 Å². The fraction of sp³-hybridized carbons (Fsp3) is 0.333. The van der Waals surface area contributed by atoms with Crippen LogP contribution in [0.5, 0.6) is 0 Å². The van der Waals surface area contributed by atoms with Gasteiger partial charge in [-0.15, -0.1) is 0 Å². The van der Waals surface area contributed by atoms with E-state index in [1.54, 1.807) is 25.1 Å². The van der Waals surface area contributed by atoms with Crippen LogP contribution in [-0.2, 0) is 11.2 Å². The molecule has 0 aliphatic rings. The van der Waals surface area contributed by atoms with E-state index in [0.717, 1.165) is 6.42 Å². The van der Waals surface area contributed by atoms with Gasteiger partial charge < -0.3 is 10.6 Å². The van der Waals surface area contributed by atoms with Crippen LogP contribution in [0.3, 0.4) is 0 Å². The maximum Gasteiger partial charge on any atom is 0.253 e. The number of halogens is 2. The summed E-state index contributed by atoms with van der Waals surface area (Å²) in [5.74, 6) is -0.681. The number of carbonyl (C=O) groups is 2. The first-order chi connectivity index (χ1) is 12.7. The lowest BCUT2D eigenvalue weighted by Crippen LogP contribution is -2.45. The highest BCUT2D eigenvalue weighted by Crippen LogP contribution is 2.25. The third kappa shape index (κ3) is 5.47. The highest BCUT2D eigenvalue weighted by Gasteiger charge is 2.19. The summed E-state index contributed by atoms with van der Waals surface area (Å²) in [6.45, 7) is 8.36. The zero-order chi connectivity index (χ0) is 20.1. The van der Waals surface area contributed by atoms with Gasteiger partial charge in [-0.3, -0.25) is 9.59 Å². The summed E-state index contributed by atoms with van der Waals surface area (Å²) in [5.41, 5.74) is 5.16. The Labute approximate surface area is 170 Å². The van der Waals surface area contributed by atoms with E-state index in [9.17, 15) is 9.59 Å². The Kier molecular flexibility index (Phi) is 7.28. The van der Waals surface area contributed by atoms with Crippen LogP contribution < -0.4 is 10.6 Å². The van der Waals surface area contributed by atoms with Crippen molar-refractivity contribution in [1.29, 1.82) is 0 Å². The van der Waals surface area contributed by atoms with Gasteiger partial charge >= 0.3 is 0 Å². The van der Waals surface area contributed by atoms with Crippen LogP contribution in [-0.4, -0.2) is 24.4 Å². The van der Waals surface area contributed by atoms with Crippen LogP contribution in [0, 0.1) is 20.8 Å². The van der Waals surface area contributed by atoms with Crippen LogP contribution in [0.1, 0.15) is 39.5 Å². The second kappa shape index (κ2) is 9.25. The van der Waals surface area contributed by atoms with Crippen LogP contribution in [0.4, 0.5) is 0 Å². The van der Waals surface area contributed by atoms with Gasteiger partial charge in [0.1, 0.15) is 6.04 Å². The van der Waals surface area contributed by atoms with Gasteiger partial charge in [-0.2, -0.15) is 0 Å². The maximum atomic E-state index is 12.3. The zero-order valence-electron chi connectivity index (χ0n) is 16.0. The molecule has 0 aromatic heterocycles. The molecule has 4 nitrogen and oxygen atoms in total. The first-order valence-electron chi connectivity index (χ1n) is 8.80. The smallest absolute Gasteiger partial charge is 0.253 e. The number of nitrogens with one attached hydrogen (secondary N) is 2. The monoisotopic (exact) mass is 406 g/mol. The van der Waals surface area contributed by atoms with Crippen molar-refractivity contribution in [2.45, 2.75) is 40.2 Å². The molecule has 0 bridgehead atoms. The number of benzene rings is 2. The van der Waals surface area contributed by atoms with Crippen molar-refractivity contribution >= 4 is 35.0 Å². The molecule has 0 aliphatic carbocycles. The van der Waals surface area contributed by atoms with Crippen LogP contribution in [0.25, 0.3) is 0 Å². The Bertz CT molecular complexity index is 842. The summed E-state index contributed by atoms with van der Waals surface area (Å²) >= 11 is 12.0. The number of amides is 2. The lowest BCUT2D eigenvalue weighted by molar-refractivity contribution is -0.122. The van der Waals surface area contributed by atoms with Gasteiger partial charge in [0, 0.05) is 6.54 Å². The second-order valence-electron chi connectivity index (χ2n) is 6.71. The Hall–Kier alpha value is -2.04. The Morgan fingerprint density at radius 2 is 1.70 bits per heavy atom. The van der Waals surface area contributed by atoms with E-state index in [-0.39, 0.29) is 16.5 Å². The topological polar surface area (TPSA) is 58.2 Å². The lowest BCUT2D eigenvalue weighted by atomic mass is 9.97. The molecule has 1 atom stereocenters. The summed E-state index contributed by atoms with van der Waals surface area (Å²) in [6.07, 6.45) is 0.741. The van der Waals surface area contributed by atoms with Gasteiger partial charge in [-0.25, -0.2) is 0 Å². The fourth-order valence-electron chi connectivity index (χ4n) is 3.09. The van der Waals surface area contributed by atoms with Gasteiger partial charge in [0.05, 0.1) is 15.6 Å². The second-order valence-corrected chi connectivity index (χ2v) is 7.50. The van der Waals surface area contributed by atoms with Crippen molar-refractivity contribution in [2.24, 2.45) is 0 Å². The number of aryl methyl sites for hydroxylation is 3. The summed E-state index contributed by atoms with van der Waals surface area (Å²) in [7, 11) is 0. The number of carbonyl (C=O) groups excluding carboxylic acids is 2. The minimum absolute atomic E-state index is 0.176. The largest absolute Gasteiger partial charge is 0.354 e. The van der Waals surface area contributed by atoms with Crippen LogP contribution >= 0.6 is 23.2 Å². The molecule has 2 N–H and O–H groups in total. The van der Waals surface area contributed by atoms with E-state index in [1.807, 2.05) is 0 Å². The number of rotatable bonds is 6. The zero-order valence-corrected chi connectivity index (χ0v) is 17.5.